The highest BCUT2D eigenvalue weighted by atomic mass is 32.2. The summed E-state index contributed by atoms with van der Waals surface area (Å²) in [6, 6.07) is 9.21. The molecule has 186 valence electrons. The maximum atomic E-state index is 12.6. The average Bonchev–Trinajstić information content (AvgIpc) is 3.51. The molecular formula is C23H18F3N5O4S. The molecule has 0 N–H and O–H groups in total. The van der Waals surface area contributed by atoms with Crippen LogP contribution in [0.5, 0.6) is 5.75 Å². The molecule has 0 saturated carbocycles. The second-order valence-electron chi connectivity index (χ2n) is 8.17. The monoisotopic (exact) mass is 517 g/mol. The average molecular weight is 517 g/mol. The van der Waals surface area contributed by atoms with Crippen molar-refractivity contribution >= 4 is 15.6 Å². The fraction of sp³-hybridized carbons (Fsp3) is 0.261. The molecule has 1 aliphatic rings. The van der Waals surface area contributed by atoms with Crippen molar-refractivity contribution in [3.8, 4) is 34.1 Å². The molecule has 9 nitrogen and oxygen atoms in total. The van der Waals surface area contributed by atoms with Crippen LogP contribution in [0.25, 0.3) is 27.8 Å². The van der Waals surface area contributed by atoms with Crippen LogP contribution < -0.4 is 4.18 Å². The first-order valence-electron chi connectivity index (χ1n) is 10.8. The summed E-state index contributed by atoms with van der Waals surface area (Å²) in [5, 5.41) is 18.3. The molecule has 0 radical (unpaired) electrons. The predicted octanol–water partition coefficient (Wildman–Crippen LogP) is 4.32. The minimum atomic E-state index is -5.79. The molecule has 4 heterocycles. The van der Waals surface area contributed by atoms with Gasteiger partial charge in [-0.25, -0.2) is 4.52 Å². The Hall–Kier alpha value is -3.89. The van der Waals surface area contributed by atoms with Gasteiger partial charge < -0.3 is 8.92 Å². The van der Waals surface area contributed by atoms with Gasteiger partial charge in [0.1, 0.15) is 11.8 Å². The number of aromatic nitrogens is 4. The van der Waals surface area contributed by atoms with E-state index in [-0.39, 0.29) is 6.04 Å². The van der Waals surface area contributed by atoms with Gasteiger partial charge in [0, 0.05) is 42.3 Å². The lowest BCUT2D eigenvalue weighted by molar-refractivity contribution is -0.0500. The van der Waals surface area contributed by atoms with E-state index < -0.39 is 21.4 Å². The van der Waals surface area contributed by atoms with Crippen molar-refractivity contribution < 1.29 is 30.5 Å². The van der Waals surface area contributed by atoms with E-state index >= 15 is 0 Å². The van der Waals surface area contributed by atoms with Crippen molar-refractivity contribution in [2.75, 3.05) is 13.2 Å². The van der Waals surface area contributed by atoms with Gasteiger partial charge in [0.15, 0.2) is 0 Å². The van der Waals surface area contributed by atoms with Crippen molar-refractivity contribution in [3.05, 3.63) is 60.7 Å². The molecule has 36 heavy (non-hydrogen) atoms. The molecular weight excluding hydrogens is 499 g/mol. The lowest BCUT2D eigenvalue weighted by Gasteiger charge is -2.22. The van der Waals surface area contributed by atoms with Crippen LogP contribution in [-0.2, 0) is 14.9 Å². The molecule has 1 aromatic carbocycles. The first-order chi connectivity index (χ1) is 17.2. The molecule has 0 bridgehead atoms. The van der Waals surface area contributed by atoms with E-state index in [0.717, 1.165) is 36.1 Å². The molecule has 1 saturated heterocycles. The summed E-state index contributed by atoms with van der Waals surface area (Å²) in [5.74, 6) is -0.491. The number of rotatable bonds is 5. The van der Waals surface area contributed by atoms with Crippen LogP contribution in [0.3, 0.4) is 0 Å². The van der Waals surface area contributed by atoms with E-state index in [0.29, 0.717) is 35.4 Å². The van der Waals surface area contributed by atoms with E-state index in [2.05, 4.69) is 20.4 Å². The van der Waals surface area contributed by atoms with E-state index in [1.165, 1.54) is 18.3 Å². The number of halogens is 3. The third kappa shape index (κ3) is 4.40. The zero-order valence-corrected chi connectivity index (χ0v) is 19.3. The molecule has 5 rings (SSSR count). The van der Waals surface area contributed by atoms with Crippen LogP contribution in [0.2, 0.25) is 0 Å². The van der Waals surface area contributed by atoms with Crippen LogP contribution in [0.1, 0.15) is 24.4 Å². The van der Waals surface area contributed by atoms with Gasteiger partial charge in [-0.05, 0) is 36.6 Å². The van der Waals surface area contributed by atoms with Crippen molar-refractivity contribution in [2.24, 2.45) is 0 Å². The van der Waals surface area contributed by atoms with Gasteiger partial charge in [-0.1, -0.05) is 12.1 Å². The third-order valence-corrected chi connectivity index (χ3v) is 6.87. The fourth-order valence-electron chi connectivity index (χ4n) is 4.08. The molecule has 4 aromatic rings. The number of benzene rings is 1. The number of hydrogen-bond donors (Lipinski definition) is 0. The minimum absolute atomic E-state index is 0.228. The van der Waals surface area contributed by atoms with Gasteiger partial charge in [-0.15, -0.1) is 0 Å². The Labute approximate surface area is 203 Å². The van der Waals surface area contributed by atoms with Gasteiger partial charge in [0.2, 0.25) is 0 Å². The van der Waals surface area contributed by atoms with Crippen LogP contribution in [-0.4, -0.2) is 46.5 Å². The smallest absolute Gasteiger partial charge is 0.381 e. The van der Waals surface area contributed by atoms with Gasteiger partial charge in [0.05, 0.1) is 29.5 Å². The van der Waals surface area contributed by atoms with Gasteiger partial charge in [0.25, 0.3) is 0 Å². The van der Waals surface area contributed by atoms with Crippen molar-refractivity contribution in [1.29, 1.82) is 5.26 Å². The molecule has 1 aliphatic heterocycles. The Morgan fingerprint density at radius 1 is 1.03 bits per heavy atom. The van der Waals surface area contributed by atoms with Crippen LogP contribution in [0, 0.1) is 11.3 Å². The number of fused-ring (bicyclic) bond motifs is 1. The Kier molecular flexibility index (Phi) is 5.93. The maximum absolute atomic E-state index is 12.6. The molecule has 0 aliphatic carbocycles. The maximum Gasteiger partial charge on any atom is 0.534 e. The number of hydrogen-bond acceptors (Lipinski definition) is 7. The molecule has 0 atom stereocenters. The van der Waals surface area contributed by atoms with E-state index in [4.69, 9.17) is 4.74 Å². The van der Waals surface area contributed by atoms with Gasteiger partial charge >= 0.3 is 15.6 Å². The summed E-state index contributed by atoms with van der Waals surface area (Å²) < 4.78 is 73.6. The first kappa shape index (κ1) is 23.8. The highest BCUT2D eigenvalue weighted by Crippen LogP contribution is 2.34. The Morgan fingerprint density at radius 3 is 2.42 bits per heavy atom. The molecule has 0 unspecified atom stereocenters. The molecule has 1 fully saturated rings. The number of ether oxygens (including phenoxy) is 1. The topological polar surface area (TPSA) is 112 Å². The van der Waals surface area contributed by atoms with E-state index in [1.54, 1.807) is 16.9 Å². The standard InChI is InChI=1S/C23H18F3N5O4S/c24-23(25,26)36(32,33)35-20-3-1-15(2-4-20)21-9-16(13-31-22(21)17(10-27)11-29-31)18-12-28-30(14-18)19-5-7-34-8-6-19/h1-4,9,11-14,19H,5-8H2. The van der Waals surface area contributed by atoms with Crippen LogP contribution in [0.4, 0.5) is 13.2 Å². The summed E-state index contributed by atoms with van der Waals surface area (Å²) in [7, 11) is -5.79. The molecule has 3 aromatic heterocycles. The second-order valence-corrected chi connectivity index (χ2v) is 9.70. The SMILES string of the molecule is N#Cc1cnn2cc(-c3cnn(C4CCOCC4)c3)cc(-c3ccc(OS(=O)(=O)C(F)(F)F)cc3)c12. The molecule has 0 spiro atoms. The third-order valence-electron chi connectivity index (χ3n) is 5.89. The summed E-state index contributed by atoms with van der Waals surface area (Å²) in [6.07, 6.45) is 8.55. The Balaban J connectivity index is 1.54. The largest absolute Gasteiger partial charge is 0.534 e. The van der Waals surface area contributed by atoms with E-state index in [9.17, 15) is 26.9 Å². The first-order valence-corrected chi connectivity index (χ1v) is 12.2. The number of alkyl halides is 3. The summed E-state index contributed by atoms with van der Waals surface area (Å²) in [5.41, 5.74) is -2.08. The second kappa shape index (κ2) is 8.96. The lowest BCUT2D eigenvalue weighted by Crippen LogP contribution is -2.28. The highest BCUT2D eigenvalue weighted by molar-refractivity contribution is 7.88. The summed E-state index contributed by atoms with van der Waals surface area (Å²) in [4.78, 5) is 0. The quantitative estimate of drug-likeness (QED) is 0.286. The van der Waals surface area contributed by atoms with Crippen LogP contribution >= 0.6 is 0 Å². The number of nitrogens with zero attached hydrogens (tertiary/aromatic N) is 5. The zero-order chi connectivity index (χ0) is 25.5. The summed E-state index contributed by atoms with van der Waals surface area (Å²) >= 11 is 0. The van der Waals surface area contributed by atoms with Crippen molar-refractivity contribution in [2.45, 2.75) is 24.4 Å². The van der Waals surface area contributed by atoms with Crippen molar-refractivity contribution in [1.82, 2.24) is 19.4 Å². The number of nitriles is 1. The predicted molar refractivity (Wildman–Crippen MR) is 121 cm³/mol. The number of pyridine rings is 1. The highest BCUT2D eigenvalue weighted by Gasteiger charge is 2.48. The molecule has 0 amide bonds. The van der Waals surface area contributed by atoms with Gasteiger partial charge in [-0.3, -0.25) is 4.68 Å². The summed E-state index contributed by atoms with van der Waals surface area (Å²) in [6.45, 7) is 1.34. The Morgan fingerprint density at radius 2 is 1.75 bits per heavy atom. The van der Waals surface area contributed by atoms with E-state index in [1.807, 2.05) is 16.9 Å². The molecule has 13 heteroatoms. The van der Waals surface area contributed by atoms with Gasteiger partial charge in [-0.2, -0.15) is 37.0 Å². The van der Waals surface area contributed by atoms with Crippen LogP contribution in [0.15, 0.2) is 55.1 Å². The fourth-order valence-corrected chi connectivity index (χ4v) is 4.54. The lowest BCUT2D eigenvalue weighted by atomic mass is 10.00. The Bertz CT molecular complexity index is 1560. The normalized spacial score (nSPS) is 15.2. The zero-order valence-electron chi connectivity index (χ0n) is 18.5. The minimum Gasteiger partial charge on any atom is -0.381 e. The van der Waals surface area contributed by atoms with Crippen molar-refractivity contribution in [3.63, 3.8) is 0 Å².